The molecule has 0 aliphatic heterocycles. The van der Waals surface area contributed by atoms with Gasteiger partial charge in [-0.05, 0) is 46.7 Å². The molecule has 5 aromatic rings. The Labute approximate surface area is 237 Å². The fourth-order valence-corrected chi connectivity index (χ4v) is 5.61. The lowest BCUT2D eigenvalue weighted by Crippen LogP contribution is -2.36. The van der Waals surface area contributed by atoms with Crippen molar-refractivity contribution in [1.29, 1.82) is 0 Å². The minimum Gasteiger partial charge on any atom is -0.406 e. The molecule has 2 atom stereocenters. The van der Waals surface area contributed by atoms with E-state index in [1.165, 1.54) is 12.1 Å². The predicted octanol–water partition coefficient (Wildman–Crippen LogP) is 7.94. The molecule has 1 aliphatic rings. The van der Waals surface area contributed by atoms with E-state index in [0.29, 0.717) is 25.0 Å². The van der Waals surface area contributed by atoms with Crippen LogP contribution in [0.1, 0.15) is 40.3 Å². The van der Waals surface area contributed by atoms with Gasteiger partial charge in [0.2, 0.25) is 0 Å². The van der Waals surface area contributed by atoms with Crippen molar-refractivity contribution in [2.75, 3.05) is 6.61 Å². The Bertz CT molecular complexity index is 1460. The van der Waals surface area contributed by atoms with Crippen molar-refractivity contribution < 1.29 is 22.6 Å². The second kappa shape index (κ2) is 11.3. The minimum absolute atomic E-state index is 0.239. The lowest BCUT2D eigenvalue weighted by Gasteiger charge is -2.37. The molecule has 4 aromatic carbocycles. The van der Waals surface area contributed by atoms with Crippen LogP contribution in [-0.2, 0) is 16.9 Å². The lowest BCUT2D eigenvalue weighted by molar-refractivity contribution is -0.274. The molecule has 0 radical (unpaired) electrons. The maximum Gasteiger partial charge on any atom is 0.573 e. The van der Waals surface area contributed by atoms with Crippen molar-refractivity contribution in [3.05, 3.63) is 156 Å². The first kappa shape index (κ1) is 26.8. The summed E-state index contributed by atoms with van der Waals surface area (Å²) >= 11 is 0. The maximum atomic E-state index is 12.4. The van der Waals surface area contributed by atoms with E-state index < -0.39 is 11.9 Å². The third kappa shape index (κ3) is 5.77. The minimum atomic E-state index is -4.70. The van der Waals surface area contributed by atoms with Crippen LogP contribution >= 0.6 is 0 Å². The van der Waals surface area contributed by atoms with Gasteiger partial charge in [-0.25, -0.2) is 4.98 Å². The number of rotatable bonds is 10. The SMILES string of the molecule is FC(F)(F)Oc1ccc(COCC2CC2c2cn(C(c3ccccc3)(c3ccccc3)c3ccccc3)cn2)cc1. The van der Waals surface area contributed by atoms with Crippen LogP contribution in [0, 0.1) is 5.92 Å². The summed E-state index contributed by atoms with van der Waals surface area (Å²) in [5, 5.41) is 0. The molecule has 2 unspecified atom stereocenters. The number of hydrogen-bond acceptors (Lipinski definition) is 3. The highest BCUT2D eigenvalue weighted by Crippen LogP contribution is 2.48. The van der Waals surface area contributed by atoms with Gasteiger partial charge in [-0.2, -0.15) is 0 Å². The molecule has 0 bridgehead atoms. The van der Waals surface area contributed by atoms with E-state index in [2.05, 4.69) is 88.3 Å². The molecule has 6 rings (SSSR count). The zero-order valence-corrected chi connectivity index (χ0v) is 22.2. The molecule has 1 heterocycles. The van der Waals surface area contributed by atoms with E-state index in [1.54, 1.807) is 12.1 Å². The van der Waals surface area contributed by atoms with Crippen molar-refractivity contribution >= 4 is 0 Å². The average Bonchev–Trinajstić information content (AvgIpc) is 3.59. The highest BCUT2D eigenvalue weighted by Gasteiger charge is 2.43. The van der Waals surface area contributed by atoms with Crippen molar-refractivity contribution in [3.8, 4) is 5.75 Å². The summed E-state index contributed by atoms with van der Waals surface area (Å²) in [7, 11) is 0. The molecule has 0 saturated heterocycles. The van der Waals surface area contributed by atoms with Gasteiger partial charge in [0.25, 0.3) is 0 Å². The van der Waals surface area contributed by atoms with E-state index in [9.17, 15) is 13.2 Å². The Balaban J connectivity index is 1.20. The van der Waals surface area contributed by atoms with E-state index in [1.807, 2.05) is 24.5 Å². The summed E-state index contributed by atoms with van der Waals surface area (Å²) in [4.78, 5) is 4.88. The Morgan fingerprint density at radius 2 is 1.27 bits per heavy atom. The van der Waals surface area contributed by atoms with E-state index >= 15 is 0 Å². The number of halogens is 3. The van der Waals surface area contributed by atoms with E-state index in [-0.39, 0.29) is 5.75 Å². The summed E-state index contributed by atoms with van der Waals surface area (Å²) in [6.45, 7) is 0.878. The number of imidazole rings is 1. The molecule has 1 fully saturated rings. The molecule has 0 amide bonds. The smallest absolute Gasteiger partial charge is 0.406 e. The number of aromatic nitrogens is 2. The quantitative estimate of drug-likeness (QED) is 0.165. The van der Waals surface area contributed by atoms with Crippen molar-refractivity contribution in [2.45, 2.75) is 30.8 Å². The van der Waals surface area contributed by atoms with Crippen LogP contribution in [-0.4, -0.2) is 22.5 Å². The monoisotopic (exact) mass is 554 g/mol. The van der Waals surface area contributed by atoms with Gasteiger partial charge in [0, 0.05) is 12.1 Å². The van der Waals surface area contributed by atoms with Crippen molar-refractivity contribution in [1.82, 2.24) is 9.55 Å². The average molecular weight is 555 g/mol. The summed E-state index contributed by atoms with van der Waals surface area (Å²) < 4.78 is 49.2. The Morgan fingerprint density at radius 3 is 1.78 bits per heavy atom. The normalized spacial score (nSPS) is 16.9. The molecule has 1 aliphatic carbocycles. The van der Waals surface area contributed by atoms with Crippen LogP contribution < -0.4 is 4.74 Å². The van der Waals surface area contributed by atoms with Gasteiger partial charge in [0.15, 0.2) is 0 Å². The third-order valence-electron chi connectivity index (χ3n) is 7.62. The maximum absolute atomic E-state index is 12.4. The van der Waals surface area contributed by atoms with Gasteiger partial charge in [-0.3, -0.25) is 0 Å². The van der Waals surface area contributed by atoms with E-state index in [0.717, 1.165) is 34.4 Å². The first-order valence-electron chi connectivity index (χ1n) is 13.6. The number of hydrogen-bond donors (Lipinski definition) is 0. The standard InChI is InChI=1S/C34H29F3N2O2/c35-34(36,37)41-30-18-16-25(17-19-30)22-40-23-26-20-31(26)32-21-39(24-38-32)33(27-10-4-1-5-11-27,28-12-6-2-7-13-28)29-14-8-3-9-15-29/h1-19,21,24,26,31H,20,22-23H2. The fourth-order valence-electron chi connectivity index (χ4n) is 5.61. The molecular weight excluding hydrogens is 525 g/mol. The molecule has 0 spiro atoms. The third-order valence-corrected chi connectivity index (χ3v) is 7.62. The van der Waals surface area contributed by atoms with Crippen LogP contribution in [0.25, 0.3) is 0 Å². The van der Waals surface area contributed by atoms with Gasteiger partial charge in [-0.15, -0.1) is 13.2 Å². The molecule has 41 heavy (non-hydrogen) atoms. The van der Waals surface area contributed by atoms with Gasteiger partial charge < -0.3 is 14.0 Å². The van der Waals surface area contributed by atoms with Crippen LogP contribution in [0.5, 0.6) is 5.75 Å². The number of ether oxygens (including phenoxy) is 2. The first-order valence-corrected chi connectivity index (χ1v) is 13.6. The van der Waals surface area contributed by atoms with Crippen LogP contribution in [0.2, 0.25) is 0 Å². The molecule has 4 nitrogen and oxygen atoms in total. The number of alkyl halides is 3. The summed E-state index contributed by atoms with van der Waals surface area (Å²) in [6.07, 6.45) is 0.375. The van der Waals surface area contributed by atoms with Crippen LogP contribution in [0.3, 0.4) is 0 Å². The van der Waals surface area contributed by atoms with Gasteiger partial charge >= 0.3 is 6.36 Å². The topological polar surface area (TPSA) is 36.3 Å². The highest BCUT2D eigenvalue weighted by atomic mass is 19.4. The molecular formula is C34H29F3N2O2. The molecule has 208 valence electrons. The zero-order chi connectivity index (χ0) is 28.3. The van der Waals surface area contributed by atoms with Gasteiger partial charge in [0.1, 0.15) is 11.3 Å². The Kier molecular flexibility index (Phi) is 7.37. The first-order chi connectivity index (χ1) is 19.9. The largest absolute Gasteiger partial charge is 0.573 e. The Morgan fingerprint density at radius 1 is 0.732 bits per heavy atom. The summed E-state index contributed by atoms with van der Waals surface area (Å²) in [6, 6.07) is 37.3. The lowest BCUT2D eigenvalue weighted by atomic mass is 9.77. The molecule has 1 saturated carbocycles. The molecule has 1 aromatic heterocycles. The van der Waals surface area contributed by atoms with Crippen LogP contribution in [0.4, 0.5) is 13.2 Å². The molecule has 7 heteroatoms. The number of nitrogens with zero attached hydrogens (tertiary/aromatic N) is 2. The molecule has 0 N–H and O–H groups in total. The van der Waals surface area contributed by atoms with Crippen molar-refractivity contribution in [3.63, 3.8) is 0 Å². The second-order valence-electron chi connectivity index (χ2n) is 10.3. The Hall–Kier alpha value is -4.36. The second-order valence-corrected chi connectivity index (χ2v) is 10.3. The van der Waals surface area contributed by atoms with Gasteiger partial charge in [-0.1, -0.05) is 103 Å². The van der Waals surface area contributed by atoms with Gasteiger partial charge in [0.05, 0.1) is 25.2 Å². The van der Waals surface area contributed by atoms with E-state index in [4.69, 9.17) is 9.72 Å². The predicted molar refractivity (Wildman–Crippen MR) is 150 cm³/mol. The number of benzene rings is 4. The fraction of sp³-hybridized carbons (Fsp3) is 0.206. The zero-order valence-electron chi connectivity index (χ0n) is 22.2. The summed E-state index contributed by atoms with van der Waals surface area (Å²) in [5.41, 5.74) is 4.65. The highest BCUT2D eigenvalue weighted by molar-refractivity contribution is 5.50. The summed E-state index contributed by atoms with van der Waals surface area (Å²) in [5.74, 6) is 0.390. The van der Waals surface area contributed by atoms with Crippen molar-refractivity contribution in [2.24, 2.45) is 5.92 Å². The van der Waals surface area contributed by atoms with Crippen LogP contribution in [0.15, 0.2) is 128 Å².